The highest BCUT2D eigenvalue weighted by molar-refractivity contribution is 6.00. The third kappa shape index (κ3) is 4.19. The Balaban J connectivity index is 1.35. The van der Waals surface area contributed by atoms with Crippen molar-refractivity contribution in [3.05, 3.63) is 83.6 Å². The molecule has 1 heterocycles. The lowest BCUT2D eigenvalue weighted by Gasteiger charge is -2.29. The summed E-state index contributed by atoms with van der Waals surface area (Å²) in [6.45, 7) is 2.76. The number of H-pyrrole nitrogens is 1. The Bertz CT molecular complexity index is 906. The lowest BCUT2D eigenvalue weighted by molar-refractivity contribution is 0.0943. The first kappa shape index (κ1) is 18.5. The average molecular weight is 373 g/mol. The van der Waals surface area contributed by atoms with Crippen LogP contribution >= 0.6 is 0 Å². The van der Waals surface area contributed by atoms with Gasteiger partial charge in [-0.1, -0.05) is 60.7 Å². The molecule has 2 N–H and O–H groups in total. The number of aryl methyl sites for hydroxylation is 1. The molecule has 1 amide bonds. The molecular weight excluding hydrogens is 344 g/mol. The summed E-state index contributed by atoms with van der Waals surface area (Å²) in [5, 5.41) is 3.19. The molecule has 0 unspecified atom stereocenters. The molecule has 3 nitrogen and oxygen atoms in total. The molecule has 0 saturated heterocycles. The number of hydrogen-bond acceptors (Lipinski definition) is 1. The van der Waals surface area contributed by atoms with E-state index in [9.17, 15) is 4.79 Å². The summed E-state index contributed by atoms with van der Waals surface area (Å²) in [4.78, 5) is 16.2. The number of hydrogen-bond donors (Lipinski definition) is 2. The Labute approximate surface area is 167 Å². The van der Waals surface area contributed by atoms with E-state index in [4.69, 9.17) is 0 Å². The Morgan fingerprint density at radius 1 is 0.964 bits per heavy atom. The SMILES string of the molecule is Cc1cc(C(=O)NCC2CCC(c3ccccc3)CC2)c(-c2ccccc2)[nH]1. The molecule has 1 fully saturated rings. The van der Waals surface area contributed by atoms with E-state index in [2.05, 4.69) is 40.6 Å². The molecule has 3 aromatic rings. The Morgan fingerprint density at radius 2 is 1.61 bits per heavy atom. The van der Waals surface area contributed by atoms with E-state index in [-0.39, 0.29) is 5.91 Å². The van der Waals surface area contributed by atoms with Crippen molar-refractivity contribution in [3.63, 3.8) is 0 Å². The van der Waals surface area contributed by atoms with E-state index < -0.39 is 0 Å². The predicted octanol–water partition coefficient (Wildman–Crippen LogP) is 5.69. The first-order chi connectivity index (χ1) is 13.7. The number of carbonyl (C=O) groups excluding carboxylic acids is 1. The van der Waals surface area contributed by atoms with Crippen LogP contribution in [0.15, 0.2) is 66.7 Å². The molecule has 4 rings (SSSR count). The summed E-state index contributed by atoms with van der Waals surface area (Å²) in [5.41, 5.74) is 5.15. The highest BCUT2D eigenvalue weighted by Crippen LogP contribution is 2.35. The first-order valence-electron chi connectivity index (χ1n) is 10.3. The van der Waals surface area contributed by atoms with Gasteiger partial charge in [-0.25, -0.2) is 0 Å². The molecule has 0 spiro atoms. The number of rotatable bonds is 5. The zero-order valence-corrected chi connectivity index (χ0v) is 16.4. The zero-order chi connectivity index (χ0) is 19.3. The van der Waals surface area contributed by atoms with Gasteiger partial charge in [0.05, 0.1) is 11.3 Å². The minimum absolute atomic E-state index is 0.0217. The molecule has 28 heavy (non-hydrogen) atoms. The van der Waals surface area contributed by atoms with Crippen LogP contribution in [0.1, 0.15) is 53.2 Å². The topological polar surface area (TPSA) is 44.9 Å². The normalized spacial score (nSPS) is 19.3. The first-order valence-corrected chi connectivity index (χ1v) is 10.3. The quantitative estimate of drug-likeness (QED) is 0.593. The standard InChI is InChI=1S/C25H28N2O/c1-18-16-23(24(27-18)22-10-6-3-7-11-22)25(28)26-17-19-12-14-21(15-13-19)20-8-4-2-5-9-20/h2-11,16,19,21,27H,12-15,17H2,1H3,(H,26,28). The molecule has 2 aromatic carbocycles. The van der Waals surface area contributed by atoms with Crippen LogP contribution in [0.25, 0.3) is 11.3 Å². The maximum Gasteiger partial charge on any atom is 0.253 e. The number of carbonyl (C=O) groups is 1. The van der Waals surface area contributed by atoms with Crippen molar-refractivity contribution in [1.82, 2.24) is 10.3 Å². The van der Waals surface area contributed by atoms with Gasteiger partial charge in [-0.2, -0.15) is 0 Å². The van der Waals surface area contributed by atoms with Crippen LogP contribution in [0.2, 0.25) is 0 Å². The van der Waals surface area contributed by atoms with Gasteiger partial charge in [0.25, 0.3) is 5.91 Å². The summed E-state index contributed by atoms with van der Waals surface area (Å²) in [5.74, 6) is 1.27. The molecule has 1 aliphatic carbocycles. The van der Waals surface area contributed by atoms with E-state index in [0.29, 0.717) is 11.8 Å². The smallest absolute Gasteiger partial charge is 0.253 e. The fourth-order valence-electron chi connectivity index (χ4n) is 4.36. The lowest BCUT2D eigenvalue weighted by atomic mass is 9.78. The number of nitrogens with one attached hydrogen (secondary N) is 2. The van der Waals surface area contributed by atoms with Crippen molar-refractivity contribution in [2.24, 2.45) is 5.92 Å². The Hall–Kier alpha value is -2.81. The van der Waals surface area contributed by atoms with Gasteiger partial charge in [0.15, 0.2) is 0 Å². The molecular formula is C25H28N2O. The van der Waals surface area contributed by atoms with E-state index in [1.807, 2.05) is 43.3 Å². The zero-order valence-electron chi connectivity index (χ0n) is 16.4. The van der Waals surface area contributed by atoms with Crippen LogP contribution < -0.4 is 5.32 Å². The fraction of sp³-hybridized carbons (Fsp3) is 0.320. The van der Waals surface area contributed by atoms with Crippen LogP contribution in [0.3, 0.4) is 0 Å². The molecule has 0 aliphatic heterocycles. The number of benzene rings is 2. The molecule has 1 saturated carbocycles. The second-order valence-corrected chi connectivity index (χ2v) is 7.95. The molecule has 3 heteroatoms. The molecule has 1 aromatic heterocycles. The van der Waals surface area contributed by atoms with Crippen molar-refractivity contribution < 1.29 is 4.79 Å². The average Bonchev–Trinajstić information content (AvgIpc) is 3.15. The Morgan fingerprint density at radius 3 is 2.29 bits per heavy atom. The van der Waals surface area contributed by atoms with E-state index in [1.54, 1.807) is 0 Å². The van der Waals surface area contributed by atoms with Gasteiger partial charge in [-0.3, -0.25) is 4.79 Å². The van der Waals surface area contributed by atoms with Crippen molar-refractivity contribution in [1.29, 1.82) is 0 Å². The number of aromatic nitrogens is 1. The summed E-state index contributed by atoms with van der Waals surface area (Å²) in [7, 11) is 0. The summed E-state index contributed by atoms with van der Waals surface area (Å²) in [6, 6.07) is 22.8. The van der Waals surface area contributed by atoms with Gasteiger partial charge in [-0.15, -0.1) is 0 Å². The van der Waals surface area contributed by atoms with Gasteiger partial charge < -0.3 is 10.3 Å². The van der Waals surface area contributed by atoms with Gasteiger partial charge in [-0.05, 0) is 61.6 Å². The van der Waals surface area contributed by atoms with Crippen molar-refractivity contribution in [2.75, 3.05) is 6.54 Å². The van der Waals surface area contributed by atoms with E-state index in [1.165, 1.54) is 31.2 Å². The van der Waals surface area contributed by atoms with Gasteiger partial charge in [0.2, 0.25) is 0 Å². The van der Waals surface area contributed by atoms with Crippen molar-refractivity contribution >= 4 is 5.91 Å². The third-order valence-electron chi connectivity index (χ3n) is 5.93. The van der Waals surface area contributed by atoms with Crippen molar-refractivity contribution in [2.45, 2.75) is 38.5 Å². The molecule has 144 valence electrons. The van der Waals surface area contributed by atoms with E-state index >= 15 is 0 Å². The van der Waals surface area contributed by atoms with Crippen LogP contribution in [0.5, 0.6) is 0 Å². The highest BCUT2D eigenvalue weighted by Gasteiger charge is 2.23. The summed E-state index contributed by atoms with van der Waals surface area (Å²) >= 11 is 0. The monoisotopic (exact) mass is 372 g/mol. The highest BCUT2D eigenvalue weighted by atomic mass is 16.1. The third-order valence-corrected chi connectivity index (χ3v) is 5.93. The van der Waals surface area contributed by atoms with Crippen LogP contribution in [-0.2, 0) is 0 Å². The molecule has 0 atom stereocenters. The maximum atomic E-state index is 12.8. The van der Waals surface area contributed by atoms with Crippen LogP contribution in [0, 0.1) is 12.8 Å². The van der Waals surface area contributed by atoms with Crippen LogP contribution in [-0.4, -0.2) is 17.4 Å². The van der Waals surface area contributed by atoms with Gasteiger partial charge in [0.1, 0.15) is 0 Å². The van der Waals surface area contributed by atoms with Gasteiger partial charge >= 0.3 is 0 Å². The number of amides is 1. The van der Waals surface area contributed by atoms with Gasteiger partial charge in [0, 0.05) is 12.2 Å². The summed E-state index contributed by atoms with van der Waals surface area (Å²) < 4.78 is 0. The van der Waals surface area contributed by atoms with Crippen LogP contribution in [0.4, 0.5) is 0 Å². The largest absolute Gasteiger partial charge is 0.358 e. The second kappa shape index (κ2) is 8.47. The summed E-state index contributed by atoms with van der Waals surface area (Å²) in [6.07, 6.45) is 4.78. The van der Waals surface area contributed by atoms with Crippen molar-refractivity contribution in [3.8, 4) is 11.3 Å². The second-order valence-electron chi connectivity index (χ2n) is 7.95. The minimum Gasteiger partial charge on any atom is -0.358 e. The molecule has 1 aliphatic rings. The fourth-order valence-corrected chi connectivity index (χ4v) is 4.36. The Kier molecular flexibility index (Phi) is 5.61. The minimum atomic E-state index is 0.0217. The predicted molar refractivity (Wildman–Crippen MR) is 114 cm³/mol. The molecule has 0 bridgehead atoms. The molecule has 0 radical (unpaired) electrons. The number of aromatic amines is 1. The van der Waals surface area contributed by atoms with E-state index in [0.717, 1.165) is 29.1 Å². The lowest BCUT2D eigenvalue weighted by Crippen LogP contribution is -2.31. The maximum absolute atomic E-state index is 12.8.